The second kappa shape index (κ2) is 9.38. The summed E-state index contributed by atoms with van der Waals surface area (Å²) in [4.78, 5) is 51.6. The van der Waals surface area contributed by atoms with E-state index < -0.39 is 17.8 Å². The molecule has 5 rings (SSSR count). The Morgan fingerprint density at radius 1 is 1.03 bits per heavy atom. The number of fused-ring (bicyclic) bond motifs is 1. The van der Waals surface area contributed by atoms with Crippen molar-refractivity contribution in [2.24, 2.45) is 0 Å². The zero-order chi connectivity index (χ0) is 25.2. The molecule has 36 heavy (non-hydrogen) atoms. The lowest BCUT2D eigenvalue weighted by Crippen LogP contribution is -2.53. The number of rotatable bonds is 6. The zero-order valence-corrected chi connectivity index (χ0v) is 19.4. The molecular weight excluding hydrogens is 460 g/mol. The Morgan fingerprint density at radius 3 is 2.56 bits per heavy atom. The number of aryl methyl sites for hydroxylation is 1. The monoisotopic (exact) mass is 482 g/mol. The van der Waals surface area contributed by atoms with Crippen molar-refractivity contribution in [2.45, 2.75) is 20.0 Å². The number of amides is 5. The highest BCUT2D eigenvalue weighted by Gasteiger charge is 2.36. The molecule has 1 saturated heterocycles. The highest BCUT2D eigenvalue weighted by Crippen LogP contribution is 2.25. The maximum atomic E-state index is 13.1. The van der Waals surface area contributed by atoms with Crippen LogP contribution in [0.3, 0.4) is 0 Å². The fraction of sp³-hybridized carbons (Fsp3) is 0.111. The first kappa shape index (κ1) is 22.9. The summed E-state index contributed by atoms with van der Waals surface area (Å²) < 4.78 is 6.99. The minimum absolute atomic E-state index is 0.0286. The van der Waals surface area contributed by atoms with E-state index in [1.54, 1.807) is 22.9 Å². The first-order valence-corrected chi connectivity index (χ1v) is 11.2. The van der Waals surface area contributed by atoms with Crippen molar-refractivity contribution in [1.29, 1.82) is 0 Å². The van der Waals surface area contributed by atoms with Crippen LogP contribution in [0.5, 0.6) is 0 Å². The van der Waals surface area contributed by atoms with Crippen LogP contribution >= 0.6 is 0 Å². The Balaban J connectivity index is 1.44. The summed E-state index contributed by atoms with van der Waals surface area (Å²) in [5.74, 6) is -1.33. The molecule has 1 aliphatic rings. The summed E-state index contributed by atoms with van der Waals surface area (Å²) in [6.45, 7) is 1.89. The lowest BCUT2D eigenvalue weighted by atomic mass is 10.1. The molecule has 0 saturated carbocycles. The van der Waals surface area contributed by atoms with Gasteiger partial charge >= 0.3 is 6.03 Å². The molecule has 2 aromatic carbocycles. The molecule has 9 heteroatoms. The maximum absolute atomic E-state index is 13.1. The molecule has 1 fully saturated rings. The number of carbonyl (C=O) groups is 4. The predicted octanol–water partition coefficient (Wildman–Crippen LogP) is 3.84. The second-order valence-electron chi connectivity index (χ2n) is 8.43. The van der Waals surface area contributed by atoms with Crippen LogP contribution in [0.25, 0.3) is 17.0 Å². The van der Waals surface area contributed by atoms with E-state index in [9.17, 15) is 19.2 Å². The van der Waals surface area contributed by atoms with Crippen LogP contribution < -0.4 is 10.6 Å². The number of aromatic nitrogens is 1. The summed E-state index contributed by atoms with van der Waals surface area (Å²) >= 11 is 0. The smallest absolute Gasteiger partial charge is 0.331 e. The van der Waals surface area contributed by atoms with Crippen LogP contribution in [0.2, 0.25) is 0 Å². The fourth-order valence-electron chi connectivity index (χ4n) is 4.06. The molecule has 1 aliphatic heterocycles. The molecule has 2 N–H and O–H groups in total. The normalized spacial score (nSPS) is 15.0. The number of urea groups is 1. The zero-order valence-electron chi connectivity index (χ0n) is 19.4. The number of hydrogen-bond acceptors (Lipinski definition) is 5. The molecule has 4 aromatic rings. The van der Waals surface area contributed by atoms with E-state index in [-0.39, 0.29) is 24.6 Å². The van der Waals surface area contributed by atoms with Crippen molar-refractivity contribution in [3.8, 4) is 0 Å². The van der Waals surface area contributed by atoms with Crippen LogP contribution in [0.1, 0.15) is 16.9 Å². The maximum Gasteiger partial charge on any atom is 0.331 e. The van der Waals surface area contributed by atoms with E-state index >= 15 is 0 Å². The Hall–Kier alpha value is -4.92. The van der Waals surface area contributed by atoms with Crippen molar-refractivity contribution in [2.75, 3.05) is 5.32 Å². The third-order valence-electron chi connectivity index (χ3n) is 5.85. The van der Waals surface area contributed by atoms with Crippen LogP contribution in [0, 0.1) is 6.92 Å². The average molecular weight is 482 g/mol. The molecule has 0 unspecified atom stereocenters. The first-order valence-electron chi connectivity index (χ1n) is 11.2. The average Bonchev–Trinajstić information content (AvgIpc) is 3.49. The third kappa shape index (κ3) is 4.54. The van der Waals surface area contributed by atoms with Gasteiger partial charge in [-0.1, -0.05) is 35.9 Å². The molecule has 0 spiro atoms. The summed E-state index contributed by atoms with van der Waals surface area (Å²) in [7, 11) is 0. The number of imide groups is 2. The number of nitrogens with zero attached hydrogens (tertiary/aromatic N) is 2. The number of hydrogen-bond donors (Lipinski definition) is 2. The predicted molar refractivity (Wildman–Crippen MR) is 133 cm³/mol. The van der Waals surface area contributed by atoms with Gasteiger partial charge in [0.15, 0.2) is 0 Å². The fourth-order valence-corrected chi connectivity index (χ4v) is 4.06. The minimum Gasteiger partial charge on any atom is -0.467 e. The SMILES string of the molecule is Cc1ccc(NC(=O)Cn2cc(/C=C3\C(=O)NC(=O)N(Cc4ccco4)C3=O)c3ccccc32)cc1. The van der Waals surface area contributed by atoms with E-state index in [1.165, 1.54) is 12.3 Å². The van der Waals surface area contributed by atoms with Gasteiger partial charge in [-0.3, -0.25) is 24.6 Å². The van der Waals surface area contributed by atoms with Gasteiger partial charge in [0.2, 0.25) is 5.91 Å². The summed E-state index contributed by atoms with van der Waals surface area (Å²) in [5, 5.41) is 5.83. The van der Waals surface area contributed by atoms with E-state index in [0.717, 1.165) is 21.4 Å². The van der Waals surface area contributed by atoms with E-state index in [1.807, 2.05) is 55.5 Å². The molecule has 180 valence electrons. The van der Waals surface area contributed by atoms with Gasteiger partial charge < -0.3 is 14.3 Å². The van der Waals surface area contributed by atoms with Gasteiger partial charge in [0.1, 0.15) is 17.9 Å². The Kier molecular flexibility index (Phi) is 5.95. The standard InChI is InChI=1S/C27H22N4O5/c1-17-8-10-19(11-9-17)28-24(32)16-30-14-18(21-6-2-3-7-23(21)30)13-22-25(33)29-27(35)31(26(22)34)15-20-5-4-12-36-20/h2-14H,15-16H2,1H3,(H,28,32)(H,29,33,35)/b22-13+. The lowest BCUT2D eigenvalue weighted by molar-refractivity contribution is -0.130. The van der Waals surface area contributed by atoms with Gasteiger partial charge in [-0.15, -0.1) is 0 Å². The van der Waals surface area contributed by atoms with Crippen LogP contribution in [-0.4, -0.2) is 33.2 Å². The van der Waals surface area contributed by atoms with Crippen LogP contribution in [0.4, 0.5) is 10.5 Å². The summed E-state index contributed by atoms with van der Waals surface area (Å²) in [6.07, 6.45) is 4.59. The topological polar surface area (TPSA) is 114 Å². The number of carbonyl (C=O) groups excluding carboxylic acids is 4. The van der Waals surface area contributed by atoms with Crippen LogP contribution in [0.15, 0.2) is 83.1 Å². The third-order valence-corrected chi connectivity index (χ3v) is 5.85. The molecule has 0 bridgehead atoms. The molecule has 0 aliphatic carbocycles. The van der Waals surface area contributed by atoms with Gasteiger partial charge in [-0.2, -0.15) is 0 Å². The first-order chi connectivity index (χ1) is 17.4. The number of barbiturate groups is 1. The molecule has 9 nitrogen and oxygen atoms in total. The molecule has 5 amide bonds. The lowest BCUT2D eigenvalue weighted by Gasteiger charge is -2.25. The Labute approximate surface area is 206 Å². The van der Waals surface area contributed by atoms with Gasteiger partial charge in [-0.05, 0) is 43.3 Å². The van der Waals surface area contributed by atoms with Crippen LogP contribution in [-0.2, 0) is 27.5 Å². The number of nitrogens with one attached hydrogen (secondary N) is 2. The van der Waals surface area contributed by atoms with Gasteiger partial charge in [0, 0.05) is 28.4 Å². The molecule has 0 atom stereocenters. The number of furan rings is 1. The number of benzene rings is 2. The Bertz CT molecular complexity index is 1510. The van der Waals surface area contributed by atoms with Crippen molar-refractivity contribution >= 4 is 46.4 Å². The van der Waals surface area contributed by atoms with Gasteiger partial charge in [0.05, 0.1) is 12.8 Å². The highest BCUT2D eigenvalue weighted by molar-refractivity contribution is 6.31. The highest BCUT2D eigenvalue weighted by atomic mass is 16.3. The van der Waals surface area contributed by atoms with Crippen molar-refractivity contribution in [1.82, 2.24) is 14.8 Å². The number of anilines is 1. The summed E-state index contributed by atoms with van der Waals surface area (Å²) in [5.41, 5.74) is 2.92. The summed E-state index contributed by atoms with van der Waals surface area (Å²) in [6, 6.07) is 17.3. The van der Waals surface area contributed by atoms with E-state index in [4.69, 9.17) is 4.42 Å². The minimum atomic E-state index is -0.811. The van der Waals surface area contributed by atoms with Gasteiger partial charge in [-0.25, -0.2) is 4.79 Å². The van der Waals surface area contributed by atoms with Crippen molar-refractivity contribution < 1.29 is 23.6 Å². The van der Waals surface area contributed by atoms with Crippen molar-refractivity contribution in [3.05, 3.63) is 95.6 Å². The second-order valence-corrected chi connectivity index (χ2v) is 8.43. The Morgan fingerprint density at radius 2 is 1.81 bits per heavy atom. The van der Waals surface area contributed by atoms with E-state index in [0.29, 0.717) is 17.0 Å². The molecule has 2 aromatic heterocycles. The largest absolute Gasteiger partial charge is 0.467 e. The molecular formula is C27H22N4O5. The van der Waals surface area contributed by atoms with Gasteiger partial charge in [0.25, 0.3) is 11.8 Å². The van der Waals surface area contributed by atoms with E-state index in [2.05, 4.69) is 10.6 Å². The molecule has 3 heterocycles. The van der Waals surface area contributed by atoms with Crippen molar-refractivity contribution in [3.63, 3.8) is 0 Å². The molecule has 0 radical (unpaired) electrons. The number of para-hydroxylation sites is 1. The quantitative estimate of drug-likeness (QED) is 0.320.